The van der Waals surface area contributed by atoms with E-state index in [1.165, 1.54) is 10.6 Å². The lowest BCUT2D eigenvalue weighted by molar-refractivity contribution is -0.141. The number of anilines is 1. The molecule has 2 aromatic carbocycles. The summed E-state index contributed by atoms with van der Waals surface area (Å²) in [5.74, 6) is 0.307. The molecule has 1 N–H and O–H groups in total. The lowest BCUT2D eigenvalue weighted by Crippen LogP contribution is -2.50. The molecule has 9 heteroatoms. The van der Waals surface area contributed by atoms with Gasteiger partial charge in [0.1, 0.15) is 11.8 Å². The number of aryl methyl sites for hydroxylation is 2. The fourth-order valence-electron chi connectivity index (χ4n) is 4.33. The third-order valence-corrected chi connectivity index (χ3v) is 7.17. The first kappa shape index (κ1) is 30.2. The van der Waals surface area contributed by atoms with Crippen LogP contribution >= 0.6 is 0 Å². The molecule has 2 amide bonds. The summed E-state index contributed by atoms with van der Waals surface area (Å²) in [6.45, 7) is 9.91. The number of methoxy groups -OCH3 is 1. The van der Waals surface area contributed by atoms with Crippen molar-refractivity contribution in [2.45, 2.75) is 72.5 Å². The van der Waals surface area contributed by atoms with Crippen molar-refractivity contribution in [3.05, 3.63) is 59.2 Å². The van der Waals surface area contributed by atoms with Crippen molar-refractivity contribution >= 4 is 27.5 Å². The molecule has 2 rings (SSSR count). The van der Waals surface area contributed by atoms with Crippen LogP contribution in [-0.4, -0.2) is 57.1 Å². The Hall–Kier alpha value is -3.07. The van der Waals surface area contributed by atoms with Crippen LogP contribution in [0.3, 0.4) is 0 Å². The Morgan fingerprint density at radius 1 is 1.03 bits per heavy atom. The summed E-state index contributed by atoms with van der Waals surface area (Å²) in [6.07, 6.45) is 2.06. The van der Waals surface area contributed by atoms with E-state index in [0.29, 0.717) is 24.3 Å². The number of ether oxygens (including phenoxy) is 1. The van der Waals surface area contributed by atoms with E-state index < -0.39 is 16.1 Å². The smallest absolute Gasteiger partial charge is 0.243 e. The molecular weight excluding hydrogens is 490 g/mol. The van der Waals surface area contributed by atoms with Crippen molar-refractivity contribution in [1.82, 2.24) is 10.2 Å². The van der Waals surface area contributed by atoms with E-state index in [2.05, 4.69) is 5.32 Å². The van der Waals surface area contributed by atoms with Gasteiger partial charge in [-0.3, -0.25) is 13.9 Å². The SMILES string of the molecule is CC[C@@H](C(=O)NC(C)C)N(Cc1ccc(OC)cc1)C(=O)CCCN(c1cc(C)cc(C)c1)S(C)(=O)=O. The first-order valence-corrected chi connectivity index (χ1v) is 14.5. The van der Waals surface area contributed by atoms with Crippen LogP contribution in [0.15, 0.2) is 42.5 Å². The Morgan fingerprint density at radius 3 is 2.11 bits per heavy atom. The van der Waals surface area contributed by atoms with E-state index >= 15 is 0 Å². The molecule has 0 spiro atoms. The highest BCUT2D eigenvalue weighted by molar-refractivity contribution is 7.92. The lowest BCUT2D eigenvalue weighted by Gasteiger charge is -2.31. The Bertz CT molecular complexity index is 1140. The van der Waals surface area contributed by atoms with Crippen LogP contribution in [0, 0.1) is 13.8 Å². The number of nitrogens with one attached hydrogen (secondary N) is 1. The first-order chi connectivity index (χ1) is 17.3. The van der Waals surface area contributed by atoms with Crippen LogP contribution in [0.4, 0.5) is 5.69 Å². The second-order valence-electron chi connectivity index (χ2n) is 9.74. The molecule has 2 aromatic rings. The third kappa shape index (κ3) is 9.07. The van der Waals surface area contributed by atoms with E-state index in [1.807, 2.05) is 77.1 Å². The summed E-state index contributed by atoms with van der Waals surface area (Å²) in [5, 5.41) is 2.92. The van der Waals surface area contributed by atoms with Crippen LogP contribution in [0.1, 0.15) is 56.7 Å². The third-order valence-electron chi connectivity index (χ3n) is 5.98. The molecule has 204 valence electrons. The molecule has 0 heterocycles. The van der Waals surface area contributed by atoms with Gasteiger partial charge >= 0.3 is 0 Å². The largest absolute Gasteiger partial charge is 0.497 e. The highest BCUT2D eigenvalue weighted by Crippen LogP contribution is 2.23. The second kappa shape index (κ2) is 13.5. The van der Waals surface area contributed by atoms with Crippen molar-refractivity contribution in [3.8, 4) is 5.75 Å². The predicted octanol–water partition coefficient (Wildman–Crippen LogP) is 4.19. The molecule has 0 radical (unpaired) electrons. The molecule has 1 atom stereocenters. The van der Waals surface area contributed by atoms with Gasteiger partial charge in [0.25, 0.3) is 0 Å². The highest BCUT2D eigenvalue weighted by Gasteiger charge is 2.29. The Morgan fingerprint density at radius 2 is 1.62 bits per heavy atom. The van der Waals surface area contributed by atoms with Crippen LogP contribution in [0.25, 0.3) is 0 Å². The molecule has 0 aliphatic rings. The monoisotopic (exact) mass is 531 g/mol. The number of benzene rings is 2. The van der Waals surface area contributed by atoms with Crippen LogP contribution in [0.2, 0.25) is 0 Å². The minimum atomic E-state index is -3.54. The summed E-state index contributed by atoms with van der Waals surface area (Å²) < 4.78 is 31.7. The van der Waals surface area contributed by atoms with E-state index in [1.54, 1.807) is 12.0 Å². The molecule has 0 aliphatic carbocycles. The molecule has 0 bridgehead atoms. The maximum Gasteiger partial charge on any atom is 0.243 e. The number of carbonyl (C=O) groups excluding carboxylic acids is 2. The Labute approximate surface area is 222 Å². The lowest BCUT2D eigenvalue weighted by atomic mass is 10.1. The summed E-state index contributed by atoms with van der Waals surface area (Å²) in [4.78, 5) is 28.1. The molecular formula is C28H41N3O5S. The van der Waals surface area contributed by atoms with Gasteiger partial charge in [-0.15, -0.1) is 0 Å². The average Bonchev–Trinajstić information content (AvgIpc) is 2.80. The van der Waals surface area contributed by atoms with Gasteiger partial charge in [-0.05, 0) is 81.5 Å². The Kier molecular flexibility index (Phi) is 11.0. The van der Waals surface area contributed by atoms with Gasteiger partial charge in [-0.1, -0.05) is 25.1 Å². The maximum absolute atomic E-state index is 13.5. The van der Waals surface area contributed by atoms with Crippen molar-refractivity contribution in [1.29, 1.82) is 0 Å². The number of hydrogen-bond acceptors (Lipinski definition) is 5. The van der Waals surface area contributed by atoms with Gasteiger partial charge in [0.2, 0.25) is 21.8 Å². The standard InChI is InChI=1S/C28H41N3O5S/c1-8-26(28(33)29-20(2)3)30(19-23-11-13-25(36-6)14-12-23)27(32)10-9-15-31(37(7,34)35)24-17-21(4)16-22(5)18-24/h11-14,16-18,20,26H,8-10,15,19H2,1-7H3,(H,29,33)/t26-/m0/s1. The maximum atomic E-state index is 13.5. The number of carbonyl (C=O) groups is 2. The van der Waals surface area contributed by atoms with Gasteiger partial charge in [-0.25, -0.2) is 8.42 Å². The number of sulfonamides is 1. The number of rotatable bonds is 13. The molecule has 0 saturated heterocycles. The van der Waals surface area contributed by atoms with Crippen molar-refractivity contribution in [3.63, 3.8) is 0 Å². The Balaban J connectivity index is 2.24. The molecule has 0 aromatic heterocycles. The zero-order valence-corrected chi connectivity index (χ0v) is 23.9. The number of nitrogens with zero attached hydrogens (tertiary/aromatic N) is 2. The van der Waals surface area contributed by atoms with E-state index in [-0.39, 0.29) is 37.4 Å². The highest BCUT2D eigenvalue weighted by atomic mass is 32.2. The molecule has 0 fully saturated rings. The van der Waals surface area contributed by atoms with Gasteiger partial charge in [0.15, 0.2) is 0 Å². The van der Waals surface area contributed by atoms with Gasteiger partial charge in [-0.2, -0.15) is 0 Å². The van der Waals surface area contributed by atoms with Gasteiger partial charge in [0.05, 0.1) is 19.1 Å². The van der Waals surface area contributed by atoms with Gasteiger partial charge < -0.3 is 15.0 Å². The molecule has 0 unspecified atom stereocenters. The van der Waals surface area contributed by atoms with E-state index in [9.17, 15) is 18.0 Å². The minimum Gasteiger partial charge on any atom is -0.497 e. The van der Waals surface area contributed by atoms with Gasteiger partial charge in [0, 0.05) is 25.6 Å². The average molecular weight is 532 g/mol. The fourth-order valence-corrected chi connectivity index (χ4v) is 5.28. The minimum absolute atomic E-state index is 0.0550. The fraction of sp³-hybridized carbons (Fsp3) is 0.500. The summed E-state index contributed by atoms with van der Waals surface area (Å²) in [6, 6.07) is 12.3. The summed E-state index contributed by atoms with van der Waals surface area (Å²) in [7, 11) is -1.95. The topological polar surface area (TPSA) is 96.0 Å². The molecule has 37 heavy (non-hydrogen) atoms. The number of amides is 2. The number of hydrogen-bond donors (Lipinski definition) is 1. The van der Waals surface area contributed by atoms with E-state index in [4.69, 9.17) is 4.74 Å². The quantitative estimate of drug-likeness (QED) is 0.418. The van der Waals surface area contributed by atoms with Crippen molar-refractivity contribution in [2.24, 2.45) is 0 Å². The molecule has 0 saturated carbocycles. The zero-order valence-electron chi connectivity index (χ0n) is 23.1. The summed E-state index contributed by atoms with van der Waals surface area (Å²) in [5.41, 5.74) is 3.39. The van der Waals surface area contributed by atoms with E-state index in [0.717, 1.165) is 16.7 Å². The van der Waals surface area contributed by atoms with Crippen LogP contribution in [-0.2, 0) is 26.2 Å². The van der Waals surface area contributed by atoms with Crippen LogP contribution < -0.4 is 14.4 Å². The molecule has 8 nitrogen and oxygen atoms in total. The second-order valence-corrected chi connectivity index (χ2v) is 11.6. The zero-order chi connectivity index (χ0) is 27.8. The molecule has 0 aliphatic heterocycles. The predicted molar refractivity (Wildman–Crippen MR) is 148 cm³/mol. The summed E-state index contributed by atoms with van der Waals surface area (Å²) >= 11 is 0. The van der Waals surface area contributed by atoms with Crippen LogP contribution in [0.5, 0.6) is 5.75 Å². The van der Waals surface area contributed by atoms with Crippen molar-refractivity contribution < 1.29 is 22.7 Å². The first-order valence-electron chi connectivity index (χ1n) is 12.6. The normalized spacial score (nSPS) is 12.2. The van der Waals surface area contributed by atoms with Crippen molar-refractivity contribution in [2.75, 3.05) is 24.2 Å².